The molecule has 4 nitrogen and oxygen atoms in total. The molecule has 0 unspecified atom stereocenters. The van der Waals surface area contributed by atoms with Crippen LogP contribution in [0.5, 0.6) is 11.5 Å². The van der Waals surface area contributed by atoms with Gasteiger partial charge in [-0.3, -0.25) is 0 Å². The van der Waals surface area contributed by atoms with Crippen LogP contribution in [-0.2, 0) is 4.79 Å². The van der Waals surface area contributed by atoms with Gasteiger partial charge in [0.05, 0.1) is 11.6 Å². The Morgan fingerprint density at radius 1 is 1.24 bits per heavy atom. The summed E-state index contributed by atoms with van der Waals surface area (Å²) >= 11 is 2.21. The number of benzene rings is 2. The van der Waals surface area contributed by atoms with Crippen LogP contribution >= 0.6 is 22.6 Å². The molecule has 0 atom stereocenters. The molecule has 21 heavy (non-hydrogen) atoms. The highest BCUT2D eigenvalue weighted by Crippen LogP contribution is 2.20. The van der Waals surface area contributed by atoms with Crippen molar-refractivity contribution in [3.8, 4) is 17.6 Å². The van der Waals surface area contributed by atoms with Gasteiger partial charge in [0.2, 0.25) is 0 Å². The summed E-state index contributed by atoms with van der Waals surface area (Å²) in [6.07, 6.45) is 0. The van der Waals surface area contributed by atoms with Gasteiger partial charge in [-0.2, -0.15) is 5.26 Å². The van der Waals surface area contributed by atoms with Crippen LogP contribution in [0.2, 0.25) is 0 Å². The lowest BCUT2D eigenvalue weighted by Gasteiger charge is -2.09. The number of esters is 1. The molecule has 5 heteroatoms. The van der Waals surface area contributed by atoms with Gasteiger partial charge in [-0.25, -0.2) is 4.79 Å². The van der Waals surface area contributed by atoms with E-state index >= 15 is 0 Å². The highest BCUT2D eigenvalue weighted by Gasteiger charge is 2.08. The van der Waals surface area contributed by atoms with Crippen molar-refractivity contribution in [1.82, 2.24) is 0 Å². The monoisotopic (exact) mass is 393 g/mol. The number of rotatable bonds is 4. The number of carbonyl (C=O) groups is 1. The van der Waals surface area contributed by atoms with Crippen molar-refractivity contribution in [2.75, 3.05) is 6.61 Å². The first kappa shape index (κ1) is 15.3. The van der Waals surface area contributed by atoms with Crippen LogP contribution in [0.1, 0.15) is 11.1 Å². The van der Waals surface area contributed by atoms with Crippen LogP contribution < -0.4 is 9.47 Å². The zero-order chi connectivity index (χ0) is 15.2. The van der Waals surface area contributed by atoms with Gasteiger partial charge in [0.1, 0.15) is 11.5 Å². The minimum atomic E-state index is -0.488. The summed E-state index contributed by atoms with van der Waals surface area (Å²) in [7, 11) is 0. The zero-order valence-corrected chi connectivity index (χ0v) is 13.5. The second kappa shape index (κ2) is 7.09. The molecule has 0 aromatic heterocycles. The van der Waals surface area contributed by atoms with E-state index in [-0.39, 0.29) is 6.61 Å². The smallest absolute Gasteiger partial charge is 0.349 e. The Morgan fingerprint density at radius 3 is 2.57 bits per heavy atom. The van der Waals surface area contributed by atoms with Crippen LogP contribution in [0.3, 0.4) is 0 Å². The lowest BCUT2D eigenvalue weighted by molar-refractivity contribution is -0.136. The predicted octanol–water partition coefficient (Wildman–Crippen LogP) is 3.46. The van der Waals surface area contributed by atoms with Gasteiger partial charge in [0.25, 0.3) is 0 Å². The second-order valence-corrected chi connectivity index (χ2v) is 5.55. The second-order valence-electron chi connectivity index (χ2n) is 4.31. The summed E-state index contributed by atoms with van der Waals surface area (Å²) in [5.74, 6) is 0.562. The molecule has 0 aliphatic carbocycles. The summed E-state index contributed by atoms with van der Waals surface area (Å²) < 4.78 is 11.7. The van der Waals surface area contributed by atoms with Crippen molar-refractivity contribution in [2.45, 2.75) is 6.92 Å². The quantitative estimate of drug-likeness (QED) is 0.454. The molecule has 0 bridgehead atoms. The third-order valence-corrected chi connectivity index (χ3v) is 3.37. The molecule has 2 aromatic carbocycles. The van der Waals surface area contributed by atoms with E-state index in [2.05, 4.69) is 22.6 Å². The van der Waals surface area contributed by atoms with Crippen molar-refractivity contribution < 1.29 is 14.3 Å². The van der Waals surface area contributed by atoms with Crippen LogP contribution in [0.25, 0.3) is 0 Å². The first-order chi connectivity index (χ1) is 10.1. The number of hydrogen-bond acceptors (Lipinski definition) is 4. The van der Waals surface area contributed by atoms with Crippen LogP contribution in [-0.4, -0.2) is 12.6 Å². The number of nitriles is 1. The Hall–Kier alpha value is -2.07. The Balaban J connectivity index is 1.91. The van der Waals surface area contributed by atoms with Crippen molar-refractivity contribution in [1.29, 1.82) is 5.26 Å². The third-order valence-electron chi connectivity index (χ3n) is 2.70. The van der Waals surface area contributed by atoms with Crippen LogP contribution in [0.4, 0.5) is 0 Å². The largest absolute Gasteiger partial charge is 0.482 e. The Kier molecular flexibility index (Phi) is 5.17. The lowest BCUT2D eigenvalue weighted by atomic mass is 10.2. The summed E-state index contributed by atoms with van der Waals surface area (Å²) in [4.78, 5) is 11.7. The maximum absolute atomic E-state index is 11.7. The standard InChI is InChI=1S/C16H12INO3/c1-11-8-13(17)4-7-15(11)20-10-16(19)21-14-5-2-12(9-18)3-6-14/h2-8H,10H2,1H3. The van der Waals surface area contributed by atoms with Gasteiger partial charge in [-0.05, 0) is 77.5 Å². The normalized spacial score (nSPS) is 9.76. The molecule has 0 radical (unpaired) electrons. The fraction of sp³-hybridized carbons (Fsp3) is 0.125. The molecule has 2 rings (SSSR count). The van der Waals surface area contributed by atoms with Crippen molar-refractivity contribution in [2.24, 2.45) is 0 Å². The number of hydrogen-bond donors (Lipinski definition) is 0. The van der Waals surface area contributed by atoms with Crippen LogP contribution in [0.15, 0.2) is 42.5 Å². The Labute approximate surface area is 136 Å². The fourth-order valence-corrected chi connectivity index (χ4v) is 2.32. The van der Waals surface area contributed by atoms with E-state index in [0.29, 0.717) is 17.1 Å². The SMILES string of the molecule is Cc1cc(I)ccc1OCC(=O)Oc1ccc(C#N)cc1. The van der Waals surface area contributed by atoms with E-state index in [1.807, 2.05) is 31.2 Å². The maximum atomic E-state index is 11.7. The molecule has 0 saturated carbocycles. The topological polar surface area (TPSA) is 59.3 Å². The predicted molar refractivity (Wildman–Crippen MR) is 86.2 cm³/mol. The minimum absolute atomic E-state index is 0.165. The molecule has 0 saturated heterocycles. The average molecular weight is 393 g/mol. The Morgan fingerprint density at radius 2 is 1.95 bits per heavy atom. The van der Waals surface area contributed by atoms with Crippen molar-refractivity contribution in [3.05, 3.63) is 57.2 Å². The molecular formula is C16H12INO3. The molecule has 0 aliphatic rings. The number of aryl methyl sites for hydroxylation is 1. The summed E-state index contributed by atoms with van der Waals surface area (Å²) in [6.45, 7) is 1.75. The third kappa shape index (κ3) is 4.46. The molecule has 0 spiro atoms. The molecule has 0 N–H and O–H groups in total. The first-order valence-corrected chi connectivity index (χ1v) is 7.26. The van der Waals surface area contributed by atoms with Crippen molar-refractivity contribution >= 4 is 28.6 Å². The zero-order valence-electron chi connectivity index (χ0n) is 11.3. The van der Waals surface area contributed by atoms with E-state index in [1.54, 1.807) is 24.3 Å². The molecule has 0 fully saturated rings. The fourth-order valence-electron chi connectivity index (χ4n) is 1.67. The number of carbonyl (C=O) groups excluding carboxylic acids is 1. The van der Waals surface area contributed by atoms with Gasteiger partial charge in [-0.15, -0.1) is 0 Å². The molecular weight excluding hydrogens is 381 g/mol. The molecule has 106 valence electrons. The number of ether oxygens (including phenoxy) is 2. The van der Waals surface area contributed by atoms with Gasteiger partial charge >= 0.3 is 5.97 Å². The molecule has 2 aromatic rings. The van der Waals surface area contributed by atoms with E-state index in [9.17, 15) is 4.79 Å². The van der Waals surface area contributed by atoms with Gasteiger partial charge in [-0.1, -0.05) is 0 Å². The van der Waals surface area contributed by atoms with E-state index in [1.165, 1.54) is 0 Å². The average Bonchev–Trinajstić information content (AvgIpc) is 2.47. The highest BCUT2D eigenvalue weighted by atomic mass is 127. The van der Waals surface area contributed by atoms with Crippen LogP contribution in [0, 0.1) is 21.8 Å². The summed E-state index contributed by atoms with van der Waals surface area (Å²) in [5, 5.41) is 8.69. The lowest BCUT2D eigenvalue weighted by Crippen LogP contribution is -2.18. The van der Waals surface area contributed by atoms with Gasteiger partial charge in [0, 0.05) is 3.57 Å². The van der Waals surface area contributed by atoms with E-state index < -0.39 is 5.97 Å². The highest BCUT2D eigenvalue weighted by molar-refractivity contribution is 14.1. The van der Waals surface area contributed by atoms with Gasteiger partial charge in [0.15, 0.2) is 6.61 Å². The summed E-state index contributed by atoms with van der Waals surface area (Å²) in [6, 6.07) is 14.0. The minimum Gasteiger partial charge on any atom is -0.482 e. The number of nitrogens with zero attached hydrogens (tertiary/aromatic N) is 1. The molecule has 0 amide bonds. The van der Waals surface area contributed by atoms with E-state index in [4.69, 9.17) is 14.7 Å². The van der Waals surface area contributed by atoms with Crippen molar-refractivity contribution in [3.63, 3.8) is 0 Å². The Bertz CT molecular complexity index is 690. The van der Waals surface area contributed by atoms with E-state index in [0.717, 1.165) is 9.13 Å². The maximum Gasteiger partial charge on any atom is 0.349 e. The van der Waals surface area contributed by atoms with Gasteiger partial charge < -0.3 is 9.47 Å². The first-order valence-electron chi connectivity index (χ1n) is 6.18. The summed E-state index contributed by atoms with van der Waals surface area (Å²) in [5.41, 5.74) is 1.48. The molecule has 0 aliphatic heterocycles. The number of halogens is 1. The molecule has 0 heterocycles.